The van der Waals surface area contributed by atoms with Gasteiger partial charge in [0.15, 0.2) is 0 Å². The van der Waals surface area contributed by atoms with Gasteiger partial charge in [0, 0.05) is 25.7 Å². The van der Waals surface area contributed by atoms with Crippen molar-refractivity contribution < 1.29 is 9.47 Å². The normalized spacial score (nSPS) is 31.8. The van der Waals surface area contributed by atoms with E-state index in [2.05, 4.69) is 10.4 Å². The molecule has 1 unspecified atom stereocenters. The van der Waals surface area contributed by atoms with Crippen molar-refractivity contribution >= 4 is 0 Å². The molecule has 4 nitrogen and oxygen atoms in total. The van der Waals surface area contributed by atoms with Crippen LogP contribution in [0.1, 0.15) is 12.8 Å². The molecule has 0 aliphatic carbocycles. The van der Waals surface area contributed by atoms with Gasteiger partial charge >= 0.3 is 0 Å². The highest BCUT2D eigenvalue weighted by molar-refractivity contribution is 4.70. The first kappa shape index (κ1) is 9.40. The summed E-state index contributed by atoms with van der Waals surface area (Å²) in [4.78, 5) is 0. The molecule has 0 saturated carbocycles. The first-order valence-corrected chi connectivity index (χ1v) is 5.12. The summed E-state index contributed by atoms with van der Waals surface area (Å²) in [6.45, 7) is 5.48. The van der Waals surface area contributed by atoms with Crippen LogP contribution in [0, 0.1) is 0 Å². The SMILES string of the molecule is C1COCC(NN2CCOCC2)C1. The maximum Gasteiger partial charge on any atom is 0.0633 e. The minimum atomic E-state index is 0.520. The van der Waals surface area contributed by atoms with Gasteiger partial charge in [-0.05, 0) is 12.8 Å². The molecule has 0 spiro atoms. The highest BCUT2D eigenvalue weighted by Crippen LogP contribution is 2.06. The Balaban J connectivity index is 1.69. The Morgan fingerprint density at radius 1 is 1.08 bits per heavy atom. The zero-order valence-corrected chi connectivity index (χ0v) is 8.00. The fraction of sp³-hybridized carbons (Fsp3) is 1.00. The topological polar surface area (TPSA) is 33.7 Å². The van der Waals surface area contributed by atoms with E-state index in [1.165, 1.54) is 12.8 Å². The number of nitrogens with zero attached hydrogens (tertiary/aromatic N) is 1. The van der Waals surface area contributed by atoms with Crippen LogP contribution in [0.2, 0.25) is 0 Å². The summed E-state index contributed by atoms with van der Waals surface area (Å²) in [5.74, 6) is 0. The van der Waals surface area contributed by atoms with Crippen LogP contribution in [0.4, 0.5) is 0 Å². The molecular weight excluding hydrogens is 168 g/mol. The Labute approximate surface area is 79.2 Å². The van der Waals surface area contributed by atoms with E-state index in [0.29, 0.717) is 6.04 Å². The summed E-state index contributed by atoms with van der Waals surface area (Å²) in [6, 6.07) is 0.520. The predicted octanol–water partition coefficient (Wildman–Crippen LogP) is 0.00220. The molecule has 1 N–H and O–H groups in total. The van der Waals surface area contributed by atoms with Gasteiger partial charge in [-0.2, -0.15) is 0 Å². The zero-order valence-electron chi connectivity index (χ0n) is 8.00. The third-order valence-electron chi connectivity index (χ3n) is 2.54. The van der Waals surface area contributed by atoms with E-state index in [4.69, 9.17) is 9.47 Å². The first-order valence-electron chi connectivity index (χ1n) is 5.12. The van der Waals surface area contributed by atoms with Crippen LogP contribution in [0.25, 0.3) is 0 Å². The maximum atomic E-state index is 5.40. The van der Waals surface area contributed by atoms with Crippen LogP contribution >= 0.6 is 0 Å². The molecule has 0 amide bonds. The molecule has 2 saturated heterocycles. The third kappa shape index (κ3) is 2.91. The highest BCUT2D eigenvalue weighted by Gasteiger charge is 2.17. The Hall–Kier alpha value is -0.160. The van der Waals surface area contributed by atoms with Gasteiger partial charge in [-0.25, -0.2) is 10.4 Å². The lowest BCUT2D eigenvalue weighted by Crippen LogP contribution is -2.52. The molecule has 13 heavy (non-hydrogen) atoms. The number of rotatable bonds is 2. The Kier molecular flexibility index (Phi) is 3.55. The van der Waals surface area contributed by atoms with Gasteiger partial charge in [-0.15, -0.1) is 0 Å². The van der Waals surface area contributed by atoms with E-state index in [1.807, 2.05) is 0 Å². The Morgan fingerprint density at radius 3 is 2.62 bits per heavy atom. The number of hydrogen-bond acceptors (Lipinski definition) is 4. The van der Waals surface area contributed by atoms with E-state index < -0.39 is 0 Å². The number of morpholine rings is 1. The first-order chi connectivity index (χ1) is 6.45. The average molecular weight is 186 g/mol. The summed E-state index contributed by atoms with van der Waals surface area (Å²) < 4.78 is 10.7. The van der Waals surface area contributed by atoms with Crippen molar-refractivity contribution in [1.29, 1.82) is 0 Å². The van der Waals surface area contributed by atoms with Crippen molar-refractivity contribution in [1.82, 2.24) is 10.4 Å². The van der Waals surface area contributed by atoms with Crippen LogP contribution in [0.15, 0.2) is 0 Å². The lowest BCUT2D eigenvalue weighted by atomic mass is 10.1. The lowest BCUT2D eigenvalue weighted by Gasteiger charge is -2.33. The standard InChI is InChI=1S/C9H18N2O2/c1-2-9(8-13-5-1)10-11-3-6-12-7-4-11/h9-10H,1-8H2. The largest absolute Gasteiger partial charge is 0.380 e. The lowest BCUT2D eigenvalue weighted by molar-refractivity contribution is -0.0196. The number of ether oxygens (including phenoxy) is 2. The van der Waals surface area contributed by atoms with Gasteiger partial charge in [0.1, 0.15) is 0 Å². The van der Waals surface area contributed by atoms with Crippen LogP contribution in [-0.2, 0) is 9.47 Å². The smallest absolute Gasteiger partial charge is 0.0633 e. The predicted molar refractivity (Wildman–Crippen MR) is 49.4 cm³/mol. The molecule has 2 aliphatic rings. The minimum absolute atomic E-state index is 0.520. The molecule has 76 valence electrons. The van der Waals surface area contributed by atoms with Crippen molar-refractivity contribution in [2.24, 2.45) is 0 Å². The zero-order chi connectivity index (χ0) is 8.93. The van der Waals surface area contributed by atoms with E-state index in [0.717, 1.165) is 39.5 Å². The Bertz CT molecular complexity index is 127. The second-order valence-electron chi connectivity index (χ2n) is 3.64. The molecule has 4 heteroatoms. The number of nitrogens with one attached hydrogen (secondary N) is 1. The maximum absolute atomic E-state index is 5.40. The third-order valence-corrected chi connectivity index (χ3v) is 2.54. The highest BCUT2D eigenvalue weighted by atomic mass is 16.5. The van der Waals surface area contributed by atoms with Gasteiger partial charge in [0.05, 0.1) is 19.8 Å². The van der Waals surface area contributed by atoms with Crippen LogP contribution in [0.3, 0.4) is 0 Å². The quantitative estimate of drug-likeness (QED) is 0.658. The molecule has 0 aromatic rings. The molecular formula is C9H18N2O2. The van der Waals surface area contributed by atoms with Crippen molar-refractivity contribution in [3.8, 4) is 0 Å². The Morgan fingerprint density at radius 2 is 1.92 bits per heavy atom. The summed E-state index contributed by atoms with van der Waals surface area (Å²) in [5, 5.41) is 2.25. The second kappa shape index (κ2) is 4.91. The summed E-state index contributed by atoms with van der Waals surface area (Å²) >= 11 is 0. The molecule has 2 aliphatic heterocycles. The van der Waals surface area contributed by atoms with Gasteiger partial charge in [0.2, 0.25) is 0 Å². The summed E-state index contributed by atoms with van der Waals surface area (Å²) in [6.07, 6.45) is 2.42. The molecule has 0 radical (unpaired) electrons. The summed E-state index contributed by atoms with van der Waals surface area (Å²) in [5.41, 5.74) is 3.49. The molecule has 0 aromatic carbocycles. The monoisotopic (exact) mass is 186 g/mol. The van der Waals surface area contributed by atoms with Gasteiger partial charge in [-0.1, -0.05) is 0 Å². The molecule has 0 aromatic heterocycles. The fourth-order valence-corrected chi connectivity index (χ4v) is 1.79. The van der Waals surface area contributed by atoms with Gasteiger partial charge in [-0.3, -0.25) is 0 Å². The van der Waals surface area contributed by atoms with Crippen molar-refractivity contribution in [3.63, 3.8) is 0 Å². The second-order valence-corrected chi connectivity index (χ2v) is 3.64. The van der Waals surface area contributed by atoms with E-state index in [1.54, 1.807) is 0 Å². The van der Waals surface area contributed by atoms with Gasteiger partial charge in [0.25, 0.3) is 0 Å². The summed E-state index contributed by atoms with van der Waals surface area (Å²) in [7, 11) is 0. The number of hydrogen-bond donors (Lipinski definition) is 1. The number of hydrazine groups is 1. The van der Waals surface area contributed by atoms with Crippen molar-refractivity contribution in [2.75, 3.05) is 39.5 Å². The van der Waals surface area contributed by atoms with E-state index in [9.17, 15) is 0 Å². The average Bonchev–Trinajstić information content (AvgIpc) is 2.21. The van der Waals surface area contributed by atoms with Crippen molar-refractivity contribution in [2.45, 2.75) is 18.9 Å². The molecule has 0 bridgehead atoms. The molecule has 2 fully saturated rings. The van der Waals surface area contributed by atoms with E-state index in [-0.39, 0.29) is 0 Å². The van der Waals surface area contributed by atoms with Crippen LogP contribution in [-0.4, -0.2) is 50.6 Å². The molecule has 1 atom stereocenters. The molecule has 2 heterocycles. The fourth-order valence-electron chi connectivity index (χ4n) is 1.79. The van der Waals surface area contributed by atoms with Crippen molar-refractivity contribution in [3.05, 3.63) is 0 Å². The molecule has 2 rings (SSSR count). The minimum Gasteiger partial charge on any atom is -0.380 e. The van der Waals surface area contributed by atoms with Gasteiger partial charge < -0.3 is 9.47 Å². The van der Waals surface area contributed by atoms with Crippen LogP contribution in [0.5, 0.6) is 0 Å². The van der Waals surface area contributed by atoms with Crippen LogP contribution < -0.4 is 5.43 Å². The van der Waals surface area contributed by atoms with E-state index >= 15 is 0 Å².